The molecule has 0 atom stereocenters. The molecule has 4 nitrogen and oxygen atoms in total. The van der Waals surface area contributed by atoms with E-state index in [1.807, 2.05) is 31.8 Å². The molecule has 110 valence electrons. The molecule has 4 heteroatoms. The van der Waals surface area contributed by atoms with Crippen LogP contribution < -0.4 is 5.01 Å². The lowest BCUT2D eigenvalue weighted by molar-refractivity contribution is 0.935. The highest BCUT2D eigenvalue weighted by atomic mass is 15.5. The summed E-state index contributed by atoms with van der Waals surface area (Å²) in [5.74, 6) is 0.612. The molecule has 0 saturated heterocycles. The van der Waals surface area contributed by atoms with Gasteiger partial charge in [0.15, 0.2) is 0 Å². The van der Waals surface area contributed by atoms with Crippen molar-refractivity contribution in [2.24, 2.45) is 5.10 Å². The smallest absolute Gasteiger partial charge is 0.216 e. The van der Waals surface area contributed by atoms with Gasteiger partial charge >= 0.3 is 0 Å². The van der Waals surface area contributed by atoms with Crippen molar-refractivity contribution in [1.82, 2.24) is 9.97 Å². The predicted molar refractivity (Wildman–Crippen MR) is 88.5 cm³/mol. The second-order valence-electron chi connectivity index (χ2n) is 5.38. The SMILES string of the molecule is CC=NN(c1nc(C)cc(C)n1)c1c(C)cc(C)cc1C. The van der Waals surface area contributed by atoms with Crippen molar-refractivity contribution >= 4 is 17.9 Å². The van der Waals surface area contributed by atoms with E-state index in [0.717, 1.165) is 17.1 Å². The summed E-state index contributed by atoms with van der Waals surface area (Å²) in [5.41, 5.74) is 6.51. The van der Waals surface area contributed by atoms with Crippen LogP contribution in [-0.4, -0.2) is 16.2 Å². The highest BCUT2D eigenvalue weighted by molar-refractivity contribution is 5.69. The molecule has 1 aromatic carbocycles. The van der Waals surface area contributed by atoms with E-state index in [0.29, 0.717) is 5.95 Å². The zero-order chi connectivity index (χ0) is 15.6. The van der Waals surface area contributed by atoms with Crippen LogP contribution in [0.1, 0.15) is 35.0 Å². The first-order chi connectivity index (χ1) is 9.92. The average molecular weight is 282 g/mol. The molecule has 0 radical (unpaired) electrons. The third kappa shape index (κ3) is 3.27. The van der Waals surface area contributed by atoms with E-state index in [1.54, 1.807) is 6.21 Å². The fourth-order valence-electron chi connectivity index (χ4n) is 2.63. The second-order valence-corrected chi connectivity index (χ2v) is 5.38. The van der Waals surface area contributed by atoms with Gasteiger partial charge in [0.1, 0.15) is 0 Å². The third-order valence-electron chi connectivity index (χ3n) is 3.24. The molecule has 2 aromatic rings. The third-order valence-corrected chi connectivity index (χ3v) is 3.24. The molecule has 1 aromatic heterocycles. The van der Waals surface area contributed by atoms with Gasteiger partial charge in [-0.3, -0.25) is 0 Å². The fourth-order valence-corrected chi connectivity index (χ4v) is 2.63. The predicted octanol–water partition coefficient (Wildman–Crippen LogP) is 4.16. The minimum absolute atomic E-state index is 0.612. The Morgan fingerprint density at radius 1 is 0.905 bits per heavy atom. The van der Waals surface area contributed by atoms with E-state index in [9.17, 15) is 0 Å². The Balaban J connectivity index is 2.64. The van der Waals surface area contributed by atoms with Gasteiger partial charge in [-0.15, -0.1) is 0 Å². The van der Waals surface area contributed by atoms with E-state index in [4.69, 9.17) is 0 Å². The summed E-state index contributed by atoms with van der Waals surface area (Å²) in [6.45, 7) is 12.1. The molecule has 1 heterocycles. The highest BCUT2D eigenvalue weighted by Gasteiger charge is 2.17. The number of hydrogen-bond donors (Lipinski definition) is 0. The van der Waals surface area contributed by atoms with Crippen LogP contribution in [0.25, 0.3) is 0 Å². The van der Waals surface area contributed by atoms with Gasteiger partial charge in [-0.2, -0.15) is 10.1 Å². The number of aromatic nitrogens is 2. The van der Waals surface area contributed by atoms with E-state index in [2.05, 4.69) is 48.0 Å². The molecule has 0 N–H and O–H groups in total. The standard InChI is InChI=1S/C17H22N4/c1-7-18-21(17-19-14(5)10-15(6)20-17)16-12(3)8-11(2)9-13(16)4/h7-10H,1-6H3. The molecule has 0 aliphatic heterocycles. The van der Waals surface area contributed by atoms with Gasteiger partial charge in [0.25, 0.3) is 5.95 Å². The second kappa shape index (κ2) is 6.04. The maximum atomic E-state index is 4.54. The van der Waals surface area contributed by atoms with E-state index in [1.165, 1.54) is 16.7 Å². The monoisotopic (exact) mass is 282 g/mol. The molecule has 0 amide bonds. The Bertz CT molecular complexity index is 646. The highest BCUT2D eigenvalue weighted by Crippen LogP contribution is 2.31. The first kappa shape index (κ1) is 15.2. The van der Waals surface area contributed by atoms with Crippen LogP contribution in [0.4, 0.5) is 11.6 Å². The maximum Gasteiger partial charge on any atom is 0.251 e. The van der Waals surface area contributed by atoms with E-state index in [-0.39, 0.29) is 0 Å². The Morgan fingerprint density at radius 2 is 1.43 bits per heavy atom. The number of benzene rings is 1. The van der Waals surface area contributed by atoms with Gasteiger partial charge in [0.05, 0.1) is 5.69 Å². The van der Waals surface area contributed by atoms with Crippen LogP contribution in [0.15, 0.2) is 23.3 Å². The van der Waals surface area contributed by atoms with Gasteiger partial charge in [-0.25, -0.2) is 9.97 Å². The minimum Gasteiger partial charge on any atom is -0.216 e. The van der Waals surface area contributed by atoms with Gasteiger partial charge < -0.3 is 0 Å². The first-order valence-corrected chi connectivity index (χ1v) is 7.11. The number of hydrogen-bond acceptors (Lipinski definition) is 4. The van der Waals surface area contributed by atoms with Gasteiger partial charge in [0.2, 0.25) is 0 Å². The van der Waals surface area contributed by atoms with Crippen molar-refractivity contribution in [3.8, 4) is 0 Å². The largest absolute Gasteiger partial charge is 0.251 e. The Kier molecular flexibility index (Phi) is 4.36. The molecule has 0 unspecified atom stereocenters. The summed E-state index contributed by atoms with van der Waals surface area (Å²) in [5, 5.41) is 6.31. The lowest BCUT2D eigenvalue weighted by atomic mass is 10.0. The normalized spacial score (nSPS) is 11.1. The zero-order valence-corrected chi connectivity index (χ0v) is 13.6. The van der Waals surface area contributed by atoms with Crippen molar-refractivity contribution in [2.75, 3.05) is 5.01 Å². The summed E-state index contributed by atoms with van der Waals surface area (Å²) >= 11 is 0. The quantitative estimate of drug-likeness (QED) is 0.627. The molecule has 21 heavy (non-hydrogen) atoms. The maximum absolute atomic E-state index is 4.54. The number of hydrazone groups is 1. The van der Waals surface area contributed by atoms with Gasteiger partial charge in [0, 0.05) is 17.6 Å². The Labute approximate surface area is 126 Å². The van der Waals surface area contributed by atoms with Crippen LogP contribution in [0.2, 0.25) is 0 Å². The van der Waals surface area contributed by atoms with E-state index >= 15 is 0 Å². The molecule has 0 aliphatic carbocycles. The number of nitrogens with zero attached hydrogens (tertiary/aromatic N) is 4. The summed E-state index contributed by atoms with van der Waals surface area (Å²) in [7, 11) is 0. The molecule has 0 aliphatic rings. The van der Waals surface area contributed by atoms with Crippen LogP contribution in [0.5, 0.6) is 0 Å². The molecule has 0 saturated carbocycles. The van der Waals surface area contributed by atoms with Crippen LogP contribution in [0.3, 0.4) is 0 Å². The van der Waals surface area contributed by atoms with Crippen molar-refractivity contribution in [3.63, 3.8) is 0 Å². The Hall–Kier alpha value is -2.23. The molecule has 0 spiro atoms. The first-order valence-electron chi connectivity index (χ1n) is 7.11. The van der Waals surface area contributed by atoms with Crippen LogP contribution in [0, 0.1) is 34.6 Å². The van der Waals surface area contributed by atoms with Crippen molar-refractivity contribution in [2.45, 2.75) is 41.5 Å². The molecular weight excluding hydrogens is 260 g/mol. The summed E-state index contributed by atoms with van der Waals surface area (Å²) < 4.78 is 0. The van der Waals surface area contributed by atoms with Crippen LogP contribution >= 0.6 is 0 Å². The fraction of sp³-hybridized carbons (Fsp3) is 0.353. The molecule has 0 bridgehead atoms. The number of anilines is 2. The molecular formula is C17H22N4. The summed E-state index contributed by atoms with van der Waals surface area (Å²) in [4.78, 5) is 9.07. The number of rotatable bonds is 3. The lowest BCUT2D eigenvalue weighted by Crippen LogP contribution is -2.16. The summed E-state index contributed by atoms with van der Waals surface area (Å²) in [6.07, 6.45) is 1.76. The molecule has 0 fully saturated rings. The Morgan fingerprint density at radius 3 is 1.90 bits per heavy atom. The van der Waals surface area contributed by atoms with Crippen molar-refractivity contribution in [3.05, 3.63) is 46.3 Å². The topological polar surface area (TPSA) is 41.4 Å². The average Bonchev–Trinajstić information content (AvgIpc) is 2.35. The minimum atomic E-state index is 0.612. The lowest BCUT2D eigenvalue weighted by Gasteiger charge is -2.22. The van der Waals surface area contributed by atoms with Gasteiger partial charge in [-0.1, -0.05) is 17.7 Å². The van der Waals surface area contributed by atoms with Crippen molar-refractivity contribution < 1.29 is 0 Å². The summed E-state index contributed by atoms with van der Waals surface area (Å²) in [6, 6.07) is 6.28. The zero-order valence-electron chi connectivity index (χ0n) is 13.6. The molecule has 2 rings (SSSR count). The van der Waals surface area contributed by atoms with Gasteiger partial charge in [-0.05, 0) is 58.7 Å². The van der Waals surface area contributed by atoms with Crippen LogP contribution in [-0.2, 0) is 0 Å². The number of aryl methyl sites for hydroxylation is 5. The van der Waals surface area contributed by atoms with E-state index < -0.39 is 0 Å². The van der Waals surface area contributed by atoms with Crippen molar-refractivity contribution in [1.29, 1.82) is 0 Å².